The van der Waals surface area contributed by atoms with E-state index in [1.165, 1.54) is 0 Å². The van der Waals surface area contributed by atoms with E-state index in [4.69, 9.17) is 9.47 Å². The van der Waals surface area contributed by atoms with Gasteiger partial charge in [0.2, 0.25) is 5.41 Å². The first kappa shape index (κ1) is 16.4. The average molecular weight is 313 g/mol. The van der Waals surface area contributed by atoms with Gasteiger partial charge in [-0.05, 0) is 35.7 Å². The van der Waals surface area contributed by atoms with E-state index in [0.717, 1.165) is 0 Å². The largest absolute Gasteiger partial charge is 0.465 e. The number of ether oxygens (including phenoxy) is 2. The van der Waals surface area contributed by atoms with Crippen LogP contribution in [-0.2, 0) is 19.1 Å². The highest BCUT2D eigenvalue weighted by molar-refractivity contribution is 9.09. The molecule has 4 nitrogen and oxygen atoms in total. The maximum absolute atomic E-state index is 13.7. The normalized spacial score (nSPS) is 13.4. The Morgan fingerprint density at radius 1 is 1.18 bits per heavy atom. The average Bonchev–Trinajstić information content (AvgIpc) is 2.17. The smallest absolute Gasteiger partial charge is 0.327 e. The van der Waals surface area contributed by atoms with Crippen LogP contribution in [0.2, 0.25) is 0 Å². The molecule has 0 fully saturated rings. The molecule has 0 aromatic heterocycles. The summed E-state index contributed by atoms with van der Waals surface area (Å²) in [4.78, 5) is 23.7. The molecule has 0 bridgehead atoms. The molecule has 0 spiro atoms. The molecular formula is C11H18BrFO4. The first-order valence-electron chi connectivity index (χ1n) is 5.48. The molecule has 0 heterocycles. The maximum atomic E-state index is 13.7. The van der Waals surface area contributed by atoms with Gasteiger partial charge in [0, 0.05) is 0 Å². The molecular weight excluding hydrogens is 295 g/mol. The Morgan fingerprint density at radius 3 is 1.71 bits per heavy atom. The molecule has 0 saturated heterocycles. The Kier molecular flexibility index (Phi) is 6.67. The Bertz CT molecular complexity index is 251. The summed E-state index contributed by atoms with van der Waals surface area (Å²) in [6.45, 7) is 6.48. The summed E-state index contributed by atoms with van der Waals surface area (Å²) >= 11 is 2.67. The highest BCUT2D eigenvalue weighted by Gasteiger charge is 2.57. The van der Waals surface area contributed by atoms with Crippen molar-refractivity contribution in [1.29, 1.82) is 0 Å². The lowest BCUT2D eigenvalue weighted by molar-refractivity contribution is -0.178. The minimum absolute atomic E-state index is 0.0758. The molecule has 0 aliphatic rings. The molecule has 0 radical (unpaired) electrons. The highest BCUT2D eigenvalue weighted by Crippen LogP contribution is 2.39. The summed E-state index contributed by atoms with van der Waals surface area (Å²) in [7, 11) is 0. The fourth-order valence-electron chi connectivity index (χ4n) is 1.49. The number of hydrogen-bond donors (Lipinski definition) is 0. The second-order valence-electron chi connectivity index (χ2n) is 3.77. The third-order valence-electron chi connectivity index (χ3n) is 2.48. The monoisotopic (exact) mass is 312 g/mol. The molecule has 6 heteroatoms. The molecule has 0 rings (SSSR count). The predicted molar refractivity (Wildman–Crippen MR) is 64.4 cm³/mol. The molecule has 0 aromatic rings. The van der Waals surface area contributed by atoms with Crippen molar-refractivity contribution < 1.29 is 23.5 Å². The van der Waals surface area contributed by atoms with Crippen molar-refractivity contribution in [2.24, 2.45) is 11.3 Å². The van der Waals surface area contributed by atoms with Gasteiger partial charge in [-0.15, -0.1) is 0 Å². The van der Waals surface area contributed by atoms with Crippen molar-refractivity contribution in [1.82, 2.24) is 0 Å². The van der Waals surface area contributed by atoms with E-state index >= 15 is 0 Å². The van der Waals surface area contributed by atoms with Crippen LogP contribution in [0.3, 0.4) is 0 Å². The third-order valence-corrected chi connectivity index (χ3v) is 3.20. The van der Waals surface area contributed by atoms with Crippen molar-refractivity contribution in [3.8, 4) is 0 Å². The number of carbonyl (C=O) groups excluding carboxylic acids is 2. The van der Waals surface area contributed by atoms with Gasteiger partial charge in [-0.2, -0.15) is 0 Å². The Morgan fingerprint density at radius 2 is 1.53 bits per heavy atom. The number of halogens is 2. The van der Waals surface area contributed by atoms with Gasteiger partial charge in [0.05, 0.1) is 13.2 Å². The summed E-state index contributed by atoms with van der Waals surface area (Å²) in [6, 6.07) is 0. The minimum atomic E-state index is -1.95. The molecule has 0 aliphatic heterocycles. The summed E-state index contributed by atoms with van der Waals surface area (Å²) in [6.07, 6.45) is 0. The van der Waals surface area contributed by atoms with Gasteiger partial charge >= 0.3 is 11.9 Å². The van der Waals surface area contributed by atoms with Crippen LogP contribution in [0.4, 0.5) is 4.39 Å². The molecule has 0 amide bonds. The summed E-state index contributed by atoms with van der Waals surface area (Å²) in [5.74, 6) is -2.40. The van der Waals surface area contributed by atoms with E-state index in [1.807, 2.05) is 0 Å². The van der Waals surface area contributed by atoms with Gasteiger partial charge in [-0.3, -0.25) is 9.59 Å². The fourth-order valence-corrected chi connectivity index (χ4v) is 2.39. The van der Waals surface area contributed by atoms with Gasteiger partial charge in [0.15, 0.2) is 5.08 Å². The van der Waals surface area contributed by atoms with Crippen molar-refractivity contribution in [2.45, 2.75) is 32.8 Å². The van der Waals surface area contributed by atoms with Crippen LogP contribution in [-0.4, -0.2) is 30.2 Å². The Labute approximate surface area is 109 Å². The van der Waals surface area contributed by atoms with Gasteiger partial charge in [0.25, 0.3) is 0 Å². The molecule has 17 heavy (non-hydrogen) atoms. The number of rotatable bonds is 6. The lowest BCUT2D eigenvalue weighted by atomic mass is 9.78. The Balaban J connectivity index is 5.43. The number of alkyl halides is 2. The van der Waals surface area contributed by atoms with Crippen LogP contribution in [0.1, 0.15) is 27.7 Å². The molecule has 100 valence electrons. The van der Waals surface area contributed by atoms with Crippen molar-refractivity contribution in [3.05, 3.63) is 0 Å². The van der Waals surface area contributed by atoms with Gasteiger partial charge in [-0.1, -0.05) is 13.8 Å². The van der Waals surface area contributed by atoms with Crippen LogP contribution in [0.5, 0.6) is 0 Å². The lowest BCUT2D eigenvalue weighted by Crippen LogP contribution is -2.51. The minimum Gasteiger partial charge on any atom is -0.465 e. The van der Waals surface area contributed by atoms with E-state index in [2.05, 4.69) is 15.9 Å². The molecule has 0 aliphatic carbocycles. The number of esters is 2. The summed E-state index contributed by atoms with van der Waals surface area (Å²) in [5.41, 5.74) is -1.95. The van der Waals surface area contributed by atoms with Crippen LogP contribution in [0.25, 0.3) is 0 Å². The first-order chi connectivity index (χ1) is 7.85. The zero-order valence-electron chi connectivity index (χ0n) is 10.5. The molecule has 1 unspecified atom stereocenters. The molecule has 0 N–H and O–H groups in total. The van der Waals surface area contributed by atoms with Crippen molar-refractivity contribution in [3.63, 3.8) is 0 Å². The number of hydrogen-bond acceptors (Lipinski definition) is 4. The topological polar surface area (TPSA) is 52.6 Å². The molecule has 1 atom stereocenters. The number of carbonyl (C=O) groups is 2. The van der Waals surface area contributed by atoms with E-state index in [-0.39, 0.29) is 13.2 Å². The van der Waals surface area contributed by atoms with E-state index < -0.39 is 28.4 Å². The second kappa shape index (κ2) is 6.93. The lowest BCUT2D eigenvalue weighted by Gasteiger charge is -2.32. The Hall–Kier alpha value is -0.650. The maximum Gasteiger partial charge on any atom is 0.327 e. The van der Waals surface area contributed by atoms with E-state index in [9.17, 15) is 14.0 Å². The third kappa shape index (κ3) is 3.18. The van der Waals surface area contributed by atoms with Crippen LogP contribution >= 0.6 is 15.9 Å². The van der Waals surface area contributed by atoms with Gasteiger partial charge in [0.1, 0.15) is 0 Å². The van der Waals surface area contributed by atoms with E-state index in [0.29, 0.717) is 0 Å². The zero-order chi connectivity index (χ0) is 13.6. The van der Waals surface area contributed by atoms with E-state index in [1.54, 1.807) is 27.7 Å². The summed E-state index contributed by atoms with van der Waals surface area (Å²) in [5, 5.41) is -1.85. The SMILES string of the molecule is CCOC(=O)C(C(=O)OCC)(C(C)C)C(F)Br. The predicted octanol–water partition coefficient (Wildman–Crippen LogP) is 2.45. The molecule has 0 saturated carbocycles. The van der Waals surface area contributed by atoms with Gasteiger partial charge < -0.3 is 9.47 Å². The molecule has 0 aromatic carbocycles. The standard InChI is InChI=1S/C11H18BrFO4/c1-5-16-9(14)11(7(3)4,8(12)13)10(15)17-6-2/h7-8H,5-6H2,1-4H3. The zero-order valence-corrected chi connectivity index (χ0v) is 12.0. The quantitative estimate of drug-likeness (QED) is 0.429. The van der Waals surface area contributed by atoms with Crippen molar-refractivity contribution in [2.75, 3.05) is 13.2 Å². The van der Waals surface area contributed by atoms with Gasteiger partial charge in [-0.25, -0.2) is 4.39 Å². The second-order valence-corrected chi connectivity index (χ2v) is 4.57. The highest BCUT2D eigenvalue weighted by atomic mass is 79.9. The van der Waals surface area contributed by atoms with Crippen LogP contribution in [0, 0.1) is 11.3 Å². The van der Waals surface area contributed by atoms with Crippen LogP contribution < -0.4 is 0 Å². The fraction of sp³-hybridized carbons (Fsp3) is 0.818. The van der Waals surface area contributed by atoms with Crippen LogP contribution in [0.15, 0.2) is 0 Å². The summed E-state index contributed by atoms with van der Waals surface area (Å²) < 4.78 is 23.3. The first-order valence-corrected chi connectivity index (χ1v) is 6.39. The van der Waals surface area contributed by atoms with Crippen molar-refractivity contribution >= 4 is 27.9 Å².